The number of carboxylic acids is 2. The predicted octanol–water partition coefficient (Wildman–Crippen LogP) is 1.41. The zero-order valence-corrected chi connectivity index (χ0v) is 23.6. The van der Waals surface area contributed by atoms with E-state index < -0.39 is 95.1 Å². The fourth-order valence-electron chi connectivity index (χ4n) is 7.90. The van der Waals surface area contributed by atoms with Gasteiger partial charge in [-0.05, 0) is 47.9 Å². The molecule has 0 saturated carbocycles. The molecule has 45 heavy (non-hydrogen) atoms. The number of aliphatic carboxylic acids is 2. The summed E-state index contributed by atoms with van der Waals surface area (Å²) in [5.74, 6) is -17.2. The van der Waals surface area contributed by atoms with Crippen LogP contribution in [-0.4, -0.2) is 58.0 Å². The molecule has 2 aromatic carbocycles. The Labute approximate surface area is 254 Å². The van der Waals surface area contributed by atoms with Crippen LogP contribution in [0.15, 0.2) is 48.5 Å². The van der Waals surface area contributed by atoms with Crippen molar-refractivity contribution in [2.45, 2.75) is 49.4 Å². The summed E-state index contributed by atoms with van der Waals surface area (Å²) in [7, 11) is 0. The van der Waals surface area contributed by atoms with Crippen LogP contribution in [0.2, 0.25) is 0 Å². The number of cyclic esters (lactones) is 4. The average molecular weight is 619 g/mol. The minimum absolute atomic E-state index is 0.0430. The molecule has 13 nitrogen and oxygen atoms in total. The molecule has 2 N–H and O–H groups in total. The molecule has 13 heteroatoms. The van der Waals surface area contributed by atoms with Crippen LogP contribution in [0.5, 0.6) is 0 Å². The van der Waals surface area contributed by atoms with E-state index in [9.17, 15) is 48.6 Å². The molecule has 2 heterocycles. The Hall–Kier alpha value is -5.20. The zero-order chi connectivity index (χ0) is 32.3. The van der Waals surface area contributed by atoms with Gasteiger partial charge in [0.1, 0.15) is 10.8 Å². The number of aryl methyl sites for hydroxylation is 2. The van der Waals surface area contributed by atoms with Gasteiger partial charge in [-0.2, -0.15) is 0 Å². The van der Waals surface area contributed by atoms with E-state index in [1.54, 1.807) is 24.3 Å². The molecule has 0 amide bonds. The standard InChI is InChI=1S/C32H26O13/c33-23-13-21(27(39)43-23)31(17-7-3-1-5-15(17)9-11-19(31)25(35)36)29(41)45-30(42)32(22-14-24(34)44-28(22)40)18-8-4-2-6-16(18)10-12-20(32)26(37)38/h1-8,19-22H,9-14H2,(H,35,36)(H,37,38). The summed E-state index contributed by atoms with van der Waals surface area (Å²) in [6.45, 7) is 0. The van der Waals surface area contributed by atoms with Crippen LogP contribution in [0.25, 0.3) is 0 Å². The maximum atomic E-state index is 14.6. The van der Waals surface area contributed by atoms with Crippen molar-refractivity contribution in [3.05, 3.63) is 70.8 Å². The Morgan fingerprint density at radius 1 is 0.644 bits per heavy atom. The minimum Gasteiger partial charge on any atom is -0.481 e. The maximum absolute atomic E-state index is 14.6. The number of ether oxygens (including phenoxy) is 3. The lowest BCUT2D eigenvalue weighted by atomic mass is 9.55. The molecular weight excluding hydrogens is 592 g/mol. The van der Waals surface area contributed by atoms with E-state index in [1.165, 1.54) is 24.3 Å². The highest BCUT2D eigenvalue weighted by Gasteiger charge is 2.68. The molecule has 0 radical (unpaired) electrons. The maximum Gasteiger partial charge on any atom is 0.326 e. The molecule has 6 rings (SSSR count). The fraction of sp³-hybridized carbons (Fsp3) is 0.375. The number of hydrogen-bond acceptors (Lipinski definition) is 11. The number of esters is 6. The summed E-state index contributed by atoms with van der Waals surface area (Å²) in [5.41, 5.74) is -3.86. The first-order valence-corrected chi connectivity index (χ1v) is 14.3. The highest BCUT2D eigenvalue weighted by Crippen LogP contribution is 2.54. The molecule has 0 aromatic heterocycles. The molecule has 6 atom stereocenters. The molecule has 2 aromatic rings. The lowest BCUT2D eigenvalue weighted by Crippen LogP contribution is -2.60. The van der Waals surface area contributed by atoms with Crippen LogP contribution in [0, 0.1) is 23.7 Å². The van der Waals surface area contributed by atoms with E-state index in [-0.39, 0.29) is 36.8 Å². The highest BCUT2D eigenvalue weighted by molar-refractivity contribution is 6.08. The van der Waals surface area contributed by atoms with Gasteiger partial charge in [-0.1, -0.05) is 48.5 Å². The summed E-state index contributed by atoms with van der Waals surface area (Å²) in [6.07, 6.45) is -1.36. The number of hydrogen-bond donors (Lipinski definition) is 2. The lowest BCUT2D eigenvalue weighted by Gasteiger charge is -2.46. The van der Waals surface area contributed by atoms with Crippen molar-refractivity contribution in [2.24, 2.45) is 23.7 Å². The molecule has 4 aliphatic rings. The number of carbonyl (C=O) groups is 8. The second-order valence-corrected chi connectivity index (χ2v) is 11.7. The predicted molar refractivity (Wildman–Crippen MR) is 145 cm³/mol. The van der Waals surface area contributed by atoms with Gasteiger partial charge in [0.25, 0.3) is 0 Å². The van der Waals surface area contributed by atoms with Crippen molar-refractivity contribution in [1.29, 1.82) is 0 Å². The quantitative estimate of drug-likeness (QED) is 0.267. The van der Waals surface area contributed by atoms with Crippen molar-refractivity contribution < 1.29 is 62.8 Å². The van der Waals surface area contributed by atoms with E-state index in [1.807, 2.05) is 0 Å². The Morgan fingerprint density at radius 2 is 1.02 bits per heavy atom. The van der Waals surface area contributed by atoms with Gasteiger partial charge in [-0.3, -0.25) is 38.4 Å². The molecule has 232 valence electrons. The molecule has 2 aliphatic carbocycles. The first-order chi connectivity index (χ1) is 21.4. The van der Waals surface area contributed by atoms with Gasteiger partial charge >= 0.3 is 47.8 Å². The Kier molecular flexibility index (Phi) is 7.13. The molecule has 0 bridgehead atoms. The number of rotatable bonds is 6. The summed E-state index contributed by atoms with van der Waals surface area (Å²) >= 11 is 0. The van der Waals surface area contributed by atoms with Crippen molar-refractivity contribution in [2.75, 3.05) is 0 Å². The van der Waals surface area contributed by atoms with E-state index in [0.29, 0.717) is 11.1 Å². The van der Waals surface area contributed by atoms with Crippen LogP contribution < -0.4 is 0 Å². The summed E-state index contributed by atoms with van der Waals surface area (Å²) in [6, 6.07) is 12.3. The van der Waals surface area contributed by atoms with E-state index in [0.717, 1.165) is 0 Å². The molecular formula is C32H26O13. The number of benzene rings is 2. The third kappa shape index (κ3) is 4.28. The van der Waals surface area contributed by atoms with E-state index in [2.05, 4.69) is 0 Å². The van der Waals surface area contributed by atoms with Crippen molar-refractivity contribution in [3.8, 4) is 0 Å². The molecule has 0 spiro atoms. The van der Waals surface area contributed by atoms with Crippen LogP contribution in [0.3, 0.4) is 0 Å². The van der Waals surface area contributed by atoms with E-state index >= 15 is 0 Å². The first kappa shape index (κ1) is 29.9. The van der Waals surface area contributed by atoms with Crippen LogP contribution in [0.4, 0.5) is 0 Å². The van der Waals surface area contributed by atoms with Gasteiger partial charge in [-0.25, -0.2) is 0 Å². The third-order valence-electron chi connectivity index (χ3n) is 9.73. The lowest BCUT2D eigenvalue weighted by molar-refractivity contribution is -0.183. The number of carbonyl (C=O) groups excluding carboxylic acids is 6. The third-order valence-corrected chi connectivity index (χ3v) is 9.73. The SMILES string of the molecule is O=C1CC(C2(C(=O)OC(=O)C3(C4CC(=O)OC4=O)c4ccccc4CCC3C(=O)O)c3ccccc3CCC2C(=O)O)C(=O)O1. The van der Waals surface area contributed by atoms with Gasteiger partial charge in [0.05, 0.1) is 36.5 Å². The van der Waals surface area contributed by atoms with Gasteiger partial charge in [0, 0.05) is 0 Å². The number of carboxylic acid groups (broad SMARTS) is 2. The fourth-order valence-corrected chi connectivity index (χ4v) is 7.90. The van der Waals surface area contributed by atoms with Crippen molar-refractivity contribution in [1.82, 2.24) is 0 Å². The second kappa shape index (κ2) is 10.8. The smallest absolute Gasteiger partial charge is 0.326 e. The van der Waals surface area contributed by atoms with Crippen molar-refractivity contribution >= 4 is 47.8 Å². The number of fused-ring (bicyclic) bond motifs is 2. The van der Waals surface area contributed by atoms with Gasteiger partial charge < -0.3 is 24.4 Å². The van der Waals surface area contributed by atoms with E-state index in [4.69, 9.17) is 14.2 Å². The highest BCUT2D eigenvalue weighted by atomic mass is 16.6. The van der Waals surface area contributed by atoms with Gasteiger partial charge in [0.15, 0.2) is 0 Å². The van der Waals surface area contributed by atoms with Gasteiger partial charge in [-0.15, -0.1) is 0 Å². The molecule has 2 saturated heterocycles. The molecule has 6 unspecified atom stereocenters. The monoisotopic (exact) mass is 618 g/mol. The van der Waals surface area contributed by atoms with Crippen LogP contribution >= 0.6 is 0 Å². The summed E-state index contributed by atoms with van der Waals surface area (Å²) in [4.78, 5) is 106. The van der Waals surface area contributed by atoms with Crippen LogP contribution in [0.1, 0.15) is 47.9 Å². The topological polar surface area (TPSA) is 205 Å². The Balaban J connectivity index is 1.57. The zero-order valence-electron chi connectivity index (χ0n) is 23.6. The van der Waals surface area contributed by atoms with Crippen molar-refractivity contribution in [3.63, 3.8) is 0 Å². The minimum atomic E-state index is -2.44. The normalized spacial score (nSPS) is 30.5. The second-order valence-electron chi connectivity index (χ2n) is 11.7. The summed E-state index contributed by atoms with van der Waals surface area (Å²) in [5, 5.41) is 20.7. The largest absolute Gasteiger partial charge is 0.481 e. The summed E-state index contributed by atoms with van der Waals surface area (Å²) < 4.78 is 15.1. The van der Waals surface area contributed by atoms with Gasteiger partial charge in [0.2, 0.25) is 0 Å². The Morgan fingerprint density at radius 3 is 1.36 bits per heavy atom. The average Bonchev–Trinajstić information content (AvgIpc) is 3.53. The van der Waals surface area contributed by atoms with Crippen LogP contribution in [-0.2, 0) is 76.2 Å². The molecule has 2 fully saturated rings. The molecule has 2 aliphatic heterocycles. The Bertz CT molecular complexity index is 1580. The first-order valence-electron chi connectivity index (χ1n) is 14.3.